The van der Waals surface area contributed by atoms with Gasteiger partial charge >= 0.3 is 0 Å². The average molecular weight is 281 g/mol. The zero-order valence-electron chi connectivity index (χ0n) is 10.4. The summed E-state index contributed by atoms with van der Waals surface area (Å²) in [5.41, 5.74) is 6.60. The monoisotopic (exact) mass is 280 g/mol. The van der Waals surface area contributed by atoms with E-state index < -0.39 is 11.9 Å². The first-order valence-corrected chi connectivity index (χ1v) is 6.24. The fourth-order valence-electron chi connectivity index (χ4n) is 1.68. The molecular weight excluding hydrogens is 267 g/mol. The van der Waals surface area contributed by atoms with Crippen LogP contribution in [0.5, 0.6) is 5.75 Å². The van der Waals surface area contributed by atoms with Gasteiger partial charge < -0.3 is 10.5 Å². The predicted molar refractivity (Wildman–Crippen MR) is 72.7 cm³/mol. The van der Waals surface area contributed by atoms with Crippen molar-refractivity contribution in [2.75, 3.05) is 0 Å². The summed E-state index contributed by atoms with van der Waals surface area (Å²) in [4.78, 5) is 4.21. The second-order valence-electron chi connectivity index (χ2n) is 4.23. The fourth-order valence-corrected chi connectivity index (χ4v) is 1.80. The van der Waals surface area contributed by atoms with Gasteiger partial charge in [0.1, 0.15) is 11.6 Å². The maximum Gasteiger partial charge on any atom is 0.155 e. The van der Waals surface area contributed by atoms with Crippen molar-refractivity contribution in [3.8, 4) is 5.75 Å². The van der Waals surface area contributed by atoms with E-state index in [9.17, 15) is 4.39 Å². The third-order valence-electron chi connectivity index (χ3n) is 2.61. The second-order valence-corrected chi connectivity index (χ2v) is 4.64. The predicted octanol–water partition coefficient (Wildman–Crippen LogP) is 3.34. The van der Waals surface area contributed by atoms with Crippen LogP contribution in [0.1, 0.15) is 18.7 Å². The van der Waals surface area contributed by atoms with Crippen LogP contribution in [-0.2, 0) is 0 Å². The Morgan fingerprint density at radius 3 is 2.68 bits per heavy atom. The maximum absolute atomic E-state index is 13.4. The Bertz CT molecular complexity index is 548. The van der Waals surface area contributed by atoms with Gasteiger partial charge in [0.2, 0.25) is 0 Å². The Labute approximate surface area is 116 Å². The van der Waals surface area contributed by atoms with Gasteiger partial charge in [-0.2, -0.15) is 0 Å². The van der Waals surface area contributed by atoms with Crippen molar-refractivity contribution in [3.05, 3.63) is 59.1 Å². The van der Waals surface area contributed by atoms with Crippen molar-refractivity contribution in [2.45, 2.75) is 19.1 Å². The van der Waals surface area contributed by atoms with Crippen LogP contribution in [0.3, 0.4) is 0 Å². The number of hydrogen-bond donors (Lipinski definition) is 1. The maximum atomic E-state index is 13.4. The van der Waals surface area contributed by atoms with Crippen molar-refractivity contribution in [1.82, 2.24) is 4.98 Å². The third-order valence-corrected chi connectivity index (χ3v) is 2.92. The standard InChI is InChI=1S/C14H14ClFN2O/c1-9(17)14(13-4-2-3-7-18-13)19-10-5-6-11(15)12(16)8-10/h2-9,14H,17H2,1H3. The van der Waals surface area contributed by atoms with E-state index in [0.717, 1.165) is 0 Å². The fraction of sp³-hybridized carbons (Fsp3) is 0.214. The van der Waals surface area contributed by atoms with Crippen LogP contribution in [0.4, 0.5) is 4.39 Å². The molecule has 1 heterocycles. The number of aromatic nitrogens is 1. The molecule has 5 heteroatoms. The van der Waals surface area contributed by atoms with E-state index in [-0.39, 0.29) is 11.1 Å². The molecule has 0 aliphatic carbocycles. The molecule has 1 aromatic carbocycles. The summed E-state index contributed by atoms with van der Waals surface area (Å²) in [6.45, 7) is 1.81. The Kier molecular flexibility index (Phi) is 4.35. The summed E-state index contributed by atoms with van der Waals surface area (Å²) >= 11 is 5.63. The van der Waals surface area contributed by atoms with Gasteiger partial charge in [0.25, 0.3) is 0 Å². The molecule has 0 amide bonds. The first-order valence-electron chi connectivity index (χ1n) is 5.86. The Morgan fingerprint density at radius 1 is 1.32 bits per heavy atom. The number of ether oxygens (including phenoxy) is 1. The number of benzene rings is 1. The molecular formula is C14H14ClFN2O. The Morgan fingerprint density at radius 2 is 2.11 bits per heavy atom. The molecule has 2 unspecified atom stereocenters. The molecule has 2 atom stereocenters. The Balaban J connectivity index is 2.24. The zero-order chi connectivity index (χ0) is 13.8. The lowest BCUT2D eigenvalue weighted by atomic mass is 10.1. The largest absolute Gasteiger partial charge is 0.482 e. The number of hydrogen-bond acceptors (Lipinski definition) is 3. The van der Waals surface area contributed by atoms with Gasteiger partial charge in [0.15, 0.2) is 6.10 Å². The van der Waals surface area contributed by atoms with Crippen LogP contribution in [0, 0.1) is 5.82 Å². The van der Waals surface area contributed by atoms with Gasteiger partial charge in [0, 0.05) is 18.3 Å². The minimum Gasteiger partial charge on any atom is -0.482 e. The van der Waals surface area contributed by atoms with Crippen LogP contribution < -0.4 is 10.5 Å². The minimum atomic E-state index is -0.524. The molecule has 0 aliphatic heterocycles. The van der Waals surface area contributed by atoms with Crippen LogP contribution in [-0.4, -0.2) is 11.0 Å². The van der Waals surface area contributed by atoms with Crippen molar-refractivity contribution < 1.29 is 9.13 Å². The molecule has 100 valence electrons. The van der Waals surface area contributed by atoms with Crippen molar-refractivity contribution in [3.63, 3.8) is 0 Å². The summed E-state index contributed by atoms with van der Waals surface area (Å²) in [6.07, 6.45) is 1.22. The zero-order valence-corrected chi connectivity index (χ0v) is 11.1. The van der Waals surface area contributed by atoms with Crippen LogP contribution in [0.25, 0.3) is 0 Å². The highest BCUT2D eigenvalue weighted by molar-refractivity contribution is 6.30. The van der Waals surface area contributed by atoms with E-state index in [4.69, 9.17) is 22.1 Å². The lowest BCUT2D eigenvalue weighted by molar-refractivity contribution is 0.175. The molecule has 0 radical (unpaired) electrons. The molecule has 2 aromatic rings. The third kappa shape index (κ3) is 3.43. The van der Waals surface area contributed by atoms with E-state index in [1.165, 1.54) is 12.1 Å². The van der Waals surface area contributed by atoms with Gasteiger partial charge in [-0.05, 0) is 31.2 Å². The second kappa shape index (κ2) is 5.99. The normalized spacial score (nSPS) is 13.9. The number of rotatable bonds is 4. The van der Waals surface area contributed by atoms with Crippen molar-refractivity contribution in [1.29, 1.82) is 0 Å². The lowest BCUT2D eigenvalue weighted by Gasteiger charge is -2.22. The molecule has 1 aromatic heterocycles. The number of pyridine rings is 1. The summed E-state index contributed by atoms with van der Waals surface area (Å²) in [6, 6.07) is 9.48. The van der Waals surface area contributed by atoms with Crippen LogP contribution in [0.2, 0.25) is 5.02 Å². The van der Waals surface area contributed by atoms with Crippen molar-refractivity contribution >= 4 is 11.6 Å². The van der Waals surface area contributed by atoms with Gasteiger partial charge in [-0.15, -0.1) is 0 Å². The highest BCUT2D eigenvalue weighted by Crippen LogP contribution is 2.26. The quantitative estimate of drug-likeness (QED) is 0.934. The smallest absolute Gasteiger partial charge is 0.155 e. The first kappa shape index (κ1) is 13.8. The topological polar surface area (TPSA) is 48.1 Å². The number of nitrogens with zero attached hydrogens (tertiary/aromatic N) is 1. The molecule has 0 aliphatic rings. The summed E-state index contributed by atoms with van der Waals surface area (Å²) in [7, 11) is 0. The van der Waals surface area contributed by atoms with E-state index >= 15 is 0 Å². The number of nitrogens with two attached hydrogens (primary N) is 1. The SMILES string of the molecule is CC(N)C(Oc1ccc(Cl)c(F)c1)c1ccccn1. The van der Waals surface area contributed by atoms with E-state index in [1.807, 2.05) is 25.1 Å². The summed E-state index contributed by atoms with van der Waals surface area (Å²) < 4.78 is 19.1. The van der Waals surface area contributed by atoms with Crippen LogP contribution >= 0.6 is 11.6 Å². The molecule has 2 N–H and O–H groups in total. The van der Waals surface area contributed by atoms with E-state index in [2.05, 4.69) is 4.98 Å². The first-order chi connectivity index (χ1) is 9.08. The molecule has 0 fully saturated rings. The highest BCUT2D eigenvalue weighted by Gasteiger charge is 2.19. The Hall–Kier alpha value is -1.65. The summed E-state index contributed by atoms with van der Waals surface area (Å²) in [5, 5.41) is 0.0579. The van der Waals surface area contributed by atoms with Gasteiger partial charge in [-0.3, -0.25) is 4.98 Å². The minimum absolute atomic E-state index is 0.0579. The molecule has 0 spiro atoms. The molecule has 3 nitrogen and oxygen atoms in total. The number of halogens is 2. The van der Waals surface area contributed by atoms with Gasteiger partial charge in [-0.1, -0.05) is 17.7 Å². The molecule has 0 bridgehead atoms. The molecule has 0 saturated heterocycles. The van der Waals surface area contributed by atoms with Crippen molar-refractivity contribution in [2.24, 2.45) is 5.73 Å². The van der Waals surface area contributed by atoms with E-state index in [1.54, 1.807) is 12.3 Å². The molecule has 19 heavy (non-hydrogen) atoms. The van der Waals surface area contributed by atoms with E-state index in [0.29, 0.717) is 11.4 Å². The lowest BCUT2D eigenvalue weighted by Crippen LogP contribution is -2.29. The van der Waals surface area contributed by atoms with Gasteiger partial charge in [0.05, 0.1) is 10.7 Å². The van der Waals surface area contributed by atoms with Crippen LogP contribution in [0.15, 0.2) is 42.6 Å². The highest BCUT2D eigenvalue weighted by atomic mass is 35.5. The average Bonchev–Trinajstić information content (AvgIpc) is 2.40. The van der Waals surface area contributed by atoms with Gasteiger partial charge in [-0.25, -0.2) is 4.39 Å². The molecule has 2 rings (SSSR count). The molecule has 0 saturated carbocycles. The summed E-state index contributed by atoms with van der Waals surface area (Å²) in [5.74, 6) is -0.154.